The van der Waals surface area contributed by atoms with E-state index in [1.54, 1.807) is 4.68 Å². The molecule has 2 N–H and O–H groups in total. The molecule has 0 fully saturated rings. The number of nitrogens with zero attached hydrogens (tertiary/aromatic N) is 7. The number of aliphatic imine (C=N–C) groups is 3. The average molecular weight is 1070 g/mol. The van der Waals surface area contributed by atoms with Gasteiger partial charge in [0.25, 0.3) is 0 Å². The number of fused-ring (bicyclic) bond motifs is 2. The molecule has 9 nitrogen and oxygen atoms in total. The Morgan fingerprint density at radius 1 is 0.432 bits per heavy atom. The van der Waals surface area contributed by atoms with E-state index < -0.39 is 0 Å². The number of para-hydroxylation sites is 6. The van der Waals surface area contributed by atoms with Gasteiger partial charge in [0.15, 0.2) is 18.0 Å². The van der Waals surface area contributed by atoms with Gasteiger partial charge in [0.2, 0.25) is 0 Å². The van der Waals surface area contributed by atoms with E-state index in [9.17, 15) is 4.79 Å². The maximum absolute atomic E-state index is 11.5. The largest absolute Gasteiger partial charge is 0.398 e. The van der Waals surface area contributed by atoms with Crippen LogP contribution in [0.4, 0.5) is 22.7 Å². The van der Waals surface area contributed by atoms with E-state index in [2.05, 4.69) is 159 Å². The second-order valence-electron chi connectivity index (χ2n) is 21.3. The second kappa shape index (κ2) is 27.9. The monoisotopic (exact) mass is 1070 g/mol. The number of carbonyl (C=O) groups is 1. The molecule has 0 aliphatic carbocycles. The zero-order chi connectivity index (χ0) is 56.3. The van der Waals surface area contributed by atoms with Crippen molar-refractivity contribution in [1.82, 2.24) is 19.6 Å². The molecular formula is C71H78BN8O. The second-order valence-corrected chi connectivity index (χ2v) is 21.3. The van der Waals surface area contributed by atoms with E-state index in [0.29, 0.717) is 35.2 Å². The molecule has 0 unspecified atom stereocenters. The van der Waals surface area contributed by atoms with E-state index in [1.807, 2.05) is 122 Å². The quantitative estimate of drug-likeness (QED) is 0.0457. The third-order valence-electron chi connectivity index (χ3n) is 14.2. The first-order valence-electron chi connectivity index (χ1n) is 27.4. The first kappa shape index (κ1) is 61.5. The molecule has 0 bridgehead atoms. The molecule has 10 heteroatoms. The Kier molecular flexibility index (Phi) is 21.2. The maximum Gasteiger partial charge on any atom is 0.170 e. The van der Waals surface area contributed by atoms with Crippen molar-refractivity contribution >= 4 is 77.1 Å². The Morgan fingerprint density at radius 2 is 0.765 bits per heavy atom. The third kappa shape index (κ3) is 14.0. The minimum Gasteiger partial charge on any atom is -0.398 e. The number of hydrogen-bond donors (Lipinski definition) is 1. The van der Waals surface area contributed by atoms with Crippen LogP contribution in [0.1, 0.15) is 158 Å². The summed E-state index contributed by atoms with van der Waals surface area (Å²) in [6, 6.07) is 61.5. The van der Waals surface area contributed by atoms with Gasteiger partial charge in [-0.25, -0.2) is 19.3 Å². The molecule has 0 saturated heterocycles. The summed E-state index contributed by atoms with van der Waals surface area (Å²) < 4.78 is 3.73. The summed E-state index contributed by atoms with van der Waals surface area (Å²) in [5, 5.41) is 11.5. The van der Waals surface area contributed by atoms with Gasteiger partial charge in [-0.3, -0.25) is 9.79 Å². The van der Waals surface area contributed by atoms with E-state index >= 15 is 0 Å². The third-order valence-corrected chi connectivity index (χ3v) is 14.2. The van der Waals surface area contributed by atoms with Gasteiger partial charge in [0.05, 0.1) is 34.3 Å². The number of benzene rings is 8. The highest BCUT2D eigenvalue weighted by atomic mass is 16.1. The van der Waals surface area contributed by atoms with Crippen molar-refractivity contribution in [1.29, 1.82) is 0 Å². The van der Waals surface area contributed by atoms with Gasteiger partial charge in [-0.2, -0.15) is 10.2 Å². The van der Waals surface area contributed by atoms with Gasteiger partial charge in [-0.05, 0) is 108 Å². The van der Waals surface area contributed by atoms with E-state index in [1.165, 1.54) is 22.3 Å². The van der Waals surface area contributed by atoms with Crippen LogP contribution in [0.15, 0.2) is 197 Å². The molecule has 0 aliphatic heterocycles. The van der Waals surface area contributed by atoms with E-state index in [0.717, 1.165) is 95.8 Å². The molecule has 2 heterocycles. The average Bonchev–Trinajstić information content (AvgIpc) is 4.11. The molecule has 0 atom stereocenters. The lowest BCUT2D eigenvalue weighted by atomic mass is 9.93. The zero-order valence-electron chi connectivity index (χ0n) is 48.5. The smallest absolute Gasteiger partial charge is 0.170 e. The number of hydrogen-bond acceptors (Lipinski definition) is 7. The van der Waals surface area contributed by atoms with Crippen molar-refractivity contribution in [2.24, 2.45) is 15.0 Å². The van der Waals surface area contributed by atoms with Gasteiger partial charge >= 0.3 is 0 Å². The highest BCUT2D eigenvalue weighted by molar-refractivity contribution is 6.10. The van der Waals surface area contributed by atoms with Gasteiger partial charge in [-0.15, -0.1) is 0 Å². The van der Waals surface area contributed by atoms with Crippen molar-refractivity contribution in [2.75, 3.05) is 5.73 Å². The van der Waals surface area contributed by atoms with Crippen LogP contribution in [0, 0.1) is 27.7 Å². The van der Waals surface area contributed by atoms with Crippen molar-refractivity contribution in [3.63, 3.8) is 0 Å². The van der Waals surface area contributed by atoms with Crippen molar-refractivity contribution in [3.8, 4) is 0 Å². The molecule has 0 spiro atoms. The van der Waals surface area contributed by atoms with Gasteiger partial charge in [0, 0.05) is 36.0 Å². The summed E-state index contributed by atoms with van der Waals surface area (Å²) in [5.41, 5.74) is 24.5. The van der Waals surface area contributed by atoms with Crippen molar-refractivity contribution in [3.05, 3.63) is 249 Å². The number of aromatic nitrogens is 4. The fourth-order valence-corrected chi connectivity index (χ4v) is 9.90. The number of anilines is 1. The Labute approximate surface area is 483 Å². The molecule has 0 saturated carbocycles. The van der Waals surface area contributed by atoms with Gasteiger partial charge in [0.1, 0.15) is 11.4 Å². The van der Waals surface area contributed by atoms with E-state index in [4.69, 9.17) is 25.8 Å². The van der Waals surface area contributed by atoms with Crippen LogP contribution >= 0.6 is 0 Å². The summed E-state index contributed by atoms with van der Waals surface area (Å²) in [5.74, 6) is 3.25. The molecule has 10 aromatic rings. The Hall–Kier alpha value is -8.76. The normalized spacial score (nSPS) is 11.7. The molecular weight excluding hydrogens is 992 g/mol. The molecule has 2 aromatic heterocycles. The molecule has 0 amide bonds. The predicted octanol–water partition coefficient (Wildman–Crippen LogP) is 18.1. The summed E-state index contributed by atoms with van der Waals surface area (Å²) in [6.07, 6.45) is 2.72. The van der Waals surface area contributed by atoms with Crippen LogP contribution in [0.25, 0.3) is 21.8 Å². The Bertz CT molecular complexity index is 3730. The van der Waals surface area contributed by atoms with Gasteiger partial charge in [-0.1, -0.05) is 233 Å². The lowest BCUT2D eigenvalue weighted by Crippen LogP contribution is -2.15. The number of aldehydes is 1. The predicted molar refractivity (Wildman–Crippen MR) is 346 cm³/mol. The first-order chi connectivity index (χ1) is 38.1. The zero-order valence-corrected chi connectivity index (χ0v) is 48.5. The maximum atomic E-state index is 11.5. The highest BCUT2D eigenvalue weighted by Crippen LogP contribution is 2.36. The Morgan fingerprint density at radius 3 is 1.15 bits per heavy atom. The van der Waals surface area contributed by atoms with Crippen LogP contribution in [-0.4, -0.2) is 52.1 Å². The lowest BCUT2D eigenvalue weighted by Gasteiger charge is -2.16. The number of aryl methyl sites for hydroxylation is 4. The lowest BCUT2D eigenvalue weighted by molar-refractivity contribution is 0.112. The first-order valence-corrected chi connectivity index (χ1v) is 27.4. The summed E-state index contributed by atoms with van der Waals surface area (Å²) in [6.45, 7) is 25.9. The highest BCUT2D eigenvalue weighted by Gasteiger charge is 2.20. The SMILES string of the molecule is C.CC(C)c1cccc(C(C)C)c1N.Cc1cccc(C)c1N=C(c1ccccc1)n1nc(C=Nc2c(C(C)C)cccc2C(C)C)c2ccccc21.Cc1cccc(C)c1N=C(c1ccccc1)n1nc(C=O)c2ccccc21.[B]. The minimum atomic E-state index is 0. The topological polar surface area (TPSA) is 116 Å². The summed E-state index contributed by atoms with van der Waals surface area (Å²) in [4.78, 5) is 26.9. The molecule has 8 aromatic carbocycles. The standard InChI is InChI=1S/C35H36N4.C23H19N3O.C12H19N.CH4.B/c1-23(2)28-19-13-20-29(24(3)4)34(28)36-22-31-30-18-10-11-21-32(30)39(38-31)35(27-16-8-7-9-17-27)37-33-25(5)14-12-15-26(33)6;1-16-9-8-10-17(2)22(16)24-23(18-11-4-3-5-12-18)26-21-14-7-6-13-19(21)20(15-27)25-26;1-8(2)10-6-5-7-11(9(3)4)12(10)13;;/h7-24H,1-6H3;3-15H,1-2H3;5-9H,13H2,1-4H3;1H4;. The number of nitrogens with two attached hydrogens (primary N) is 1. The minimum absolute atomic E-state index is 0. The number of carbonyl (C=O) groups excluding carboxylic acids is 1. The van der Waals surface area contributed by atoms with Crippen molar-refractivity contribution in [2.45, 2.75) is 114 Å². The van der Waals surface area contributed by atoms with Crippen LogP contribution in [0.2, 0.25) is 0 Å². The molecule has 81 heavy (non-hydrogen) atoms. The van der Waals surface area contributed by atoms with Crippen LogP contribution in [0.5, 0.6) is 0 Å². The van der Waals surface area contributed by atoms with E-state index in [-0.39, 0.29) is 15.8 Å². The molecule has 0 aliphatic rings. The fourth-order valence-electron chi connectivity index (χ4n) is 9.90. The molecule has 10 rings (SSSR count). The van der Waals surface area contributed by atoms with Crippen molar-refractivity contribution < 1.29 is 4.79 Å². The van der Waals surface area contributed by atoms with Crippen LogP contribution < -0.4 is 5.73 Å². The number of rotatable bonds is 11. The van der Waals surface area contributed by atoms with Gasteiger partial charge < -0.3 is 5.73 Å². The number of nitrogen functional groups attached to an aromatic ring is 1. The summed E-state index contributed by atoms with van der Waals surface area (Å²) >= 11 is 0. The Balaban J connectivity index is 0.000000218. The van der Waals surface area contributed by atoms with Crippen LogP contribution in [-0.2, 0) is 0 Å². The molecule has 411 valence electrons. The molecule has 3 radical (unpaired) electrons. The summed E-state index contributed by atoms with van der Waals surface area (Å²) in [7, 11) is 0. The van der Waals surface area contributed by atoms with Crippen LogP contribution in [0.3, 0.4) is 0 Å². The fraction of sp³-hybridized carbons (Fsp3) is 0.239.